The number of alkyl carbamates (subject to hydrolysis) is 1. The first-order valence-electron chi connectivity index (χ1n) is 6.49. The predicted octanol–water partition coefficient (Wildman–Crippen LogP) is 1.90. The molecule has 1 saturated heterocycles. The SMILES string of the molecule is CC(C)(C)OC(=O)N[C@@]1(C)C[C@H]2CNC[C@H]2C1. The maximum absolute atomic E-state index is 11.8. The molecule has 17 heavy (non-hydrogen) atoms. The predicted molar refractivity (Wildman–Crippen MR) is 66.9 cm³/mol. The van der Waals surface area contributed by atoms with Crippen LogP contribution in [-0.4, -0.2) is 30.3 Å². The highest BCUT2D eigenvalue weighted by Crippen LogP contribution is 2.41. The first-order valence-corrected chi connectivity index (χ1v) is 6.49. The van der Waals surface area contributed by atoms with Gasteiger partial charge in [-0.2, -0.15) is 0 Å². The van der Waals surface area contributed by atoms with Crippen molar-refractivity contribution in [3.05, 3.63) is 0 Å². The molecule has 0 radical (unpaired) electrons. The Balaban J connectivity index is 1.89. The zero-order valence-corrected chi connectivity index (χ0v) is 11.3. The molecule has 1 aliphatic carbocycles. The fourth-order valence-electron chi connectivity index (χ4n) is 3.16. The summed E-state index contributed by atoms with van der Waals surface area (Å²) in [6.45, 7) is 9.99. The molecule has 1 amide bonds. The third-order valence-corrected chi connectivity index (χ3v) is 3.71. The van der Waals surface area contributed by atoms with Crippen molar-refractivity contribution in [2.75, 3.05) is 13.1 Å². The Labute approximate surface area is 103 Å². The van der Waals surface area contributed by atoms with Gasteiger partial charge in [-0.05, 0) is 65.5 Å². The molecule has 4 heteroatoms. The van der Waals surface area contributed by atoms with Crippen LogP contribution in [-0.2, 0) is 4.74 Å². The average Bonchev–Trinajstić information content (AvgIpc) is 2.56. The smallest absolute Gasteiger partial charge is 0.408 e. The molecule has 0 unspecified atom stereocenters. The molecule has 1 heterocycles. The molecule has 0 spiro atoms. The van der Waals surface area contributed by atoms with Crippen molar-refractivity contribution in [2.45, 2.75) is 51.7 Å². The van der Waals surface area contributed by atoms with Crippen molar-refractivity contribution in [1.82, 2.24) is 10.6 Å². The molecule has 4 nitrogen and oxygen atoms in total. The van der Waals surface area contributed by atoms with Gasteiger partial charge < -0.3 is 15.4 Å². The lowest BCUT2D eigenvalue weighted by Gasteiger charge is -2.29. The number of hydrogen-bond donors (Lipinski definition) is 2. The second-order valence-electron chi connectivity index (χ2n) is 6.77. The van der Waals surface area contributed by atoms with Gasteiger partial charge in [-0.25, -0.2) is 4.79 Å². The standard InChI is InChI=1S/C13H24N2O2/c1-12(2,3)17-11(16)15-13(4)5-9-7-14-8-10(9)6-13/h9-10,14H,5-8H2,1-4H3,(H,15,16)/t9-,10+,13-. The Kier molecular flexibility index (Phi) is 3.10. The zero-order chi connectivity index (χ0) is 12.7. The molecular weight excluding hydrogens is 216 g/mol. The summed E-state index contributed by atoms with van der Waals surface area (Å²) in [6.07, 6.45) is 1.83. The van der Waals surface area contributed by atoms with Gasteiger partial charge in [0.2, 0.25) is 0 Å². The molecule has 1 aliphatic heterocycles. The lowest BCUT2D eigenvalue weighted by Crippen LogP contribution is -2.47. The Morgan fingerprint density at radius 2 is 1.82 bits per heavy atom. The van der Waals surface area contributed by atoms with Crippen LogP contribution in [0.3, 0.4) is 0 Å². The van der Waals surface area contributed by atoms with Crippen LogP contribution in [0.1, 0.15) is 40.5 Å². The summed E-state index contributed by atoms with van der Waals surface area (Å²) < 4.78 is 5.32. The molecule has 1 saturated carbocycles. The van der Waals surface area contributed by atoms with E-state index >= 15 is 0 Å². The quantitative estimate of drug-likeness (QED) is 0.736. The van der Waals surface area contributed by atoms with Gasteiger partial charge in [0.15, 0.2) is 0 Å². The number of rotatable bonds is 1. The van der Waals surface area contributed by atoms with E-state index in [1.165, 1.54) is 0 Å². The van der Waals surface area contributed by atoms with Crippen molar-refractivity contribution in [3.8, 4) is 0 Å². The van der Waals surface area contributed by atoms with Crippen molar-refractivity contribution < 1.29 is 9.53 Å². The summed E-state index contributed by atoms with van der Waals surface area (Å²) >= 11 is 0. The third kappa shape index (κ3) is 3.12. The van der Waals surface area contributed by atoms with Gasteiger partial charge in [0, 0.05) is 5.54 Å². The van der Waals surface area contributed by atoms with Gasteiger partial charge in [0.25, 0.3) is 0 Å². The second-order valence-corrected chi connectivity index (χ2v) is 6.77. The van der Waals surface area contributed by atoms with Crippen LogP contribution in [0.15, 0.2) is 0 Å². The van der Waals surface area contributed by atoms with E-state index in [0.29, 0.717) is 0 Å². The summed E-state index contributed by atoms with van der Waals surface area (Å²) in [5, 5.41) is 6.46. The largest absolute Gasteiger partial charge is 0.444 e. The van der Waals surface area contributed by atoms with Crippen molar-refractivity contribution in [2.24, 2.45) is 11.8 Å². The molecule has 3 atom stereocenters. The number of carbonyl (C=O) groups excluding carboxylic acids is 1. The minimum Gasteiger partial charge on any atom is -0.444 e. The first-order chi connectivity index (χ1) is 7.77. The van der Waals surface area contributed by atoms with Gasteiger partial charge in [-0.1, -0.05) is 0 Å². The van der Waals surface area contributed by atoms with Crippen LogP contribution in [0.2, 0.25) is 0 Å². The Hall–Kier alpha value is -0.770. The van der Waals surface area contributed by atoms with E-state index in [9.17, 15) is 4.79 Å². The topological polar surface area (TPSA) is 50.4 Å². The minimum absolute atomic E-state index is 0.0836. The van der Waals surface area contributed by atoms with Crippen LogP contribution in [0.5, 0.6) is 0 Å². The van der Waals surface area contributed by atoms with E-state index < -0.39 is 5.60 Å². The van der Waals surface area contributed by atoms with E-state index in [1.807, 2.05) is 20.8 Å². The van der Waals surface area contributed by atoms with Gasteiger partial charge in [-0.3, -0.25) is 0 Å². The summed E-state index contributed by atoms with van der Waals surface area (Å²) in [7, 11) is 0. The van der Waals surface area contributed by atoms with E-state index in [2.05, 4.69) is 17.6 Å². The number of carbonyl (C=O) groups is 1. The van der Waals surface area contributed by atoms with Crippen LogP contribution in [0.25, 0.3) is 0 Å². The van der Waals surface area contributed by atoms with Gasteiger partial charge in [0.05, 0.1) is 0 Å². The van der Waals surface area contributed by atoms with E-state index in [0.717, 1.165) is 37.8 Å². The summed E-state index contributed by atoms with van der Waals surface area (Å²) in [5.74, 6) is 1.44. The Morgan fingerprint density at radius 3 is 2.29 bits per heavy atom. The van der Waals surface area contributed by atoms with Crippen LogP contribution in [0, 0.1) is 11.8 Å². The van der Waals surface area contributed by atoms with Crippen LogP contribution in [0.4, 0.5) is 4.79 Å². The molecular formula is C13H24N2O2. The van der Waals surface area contributed by atoms with Crippen molar-refractivity contribution in [3.63, 3.8) is 0 Å². The number of amides is 1. The number of ether oxygens (including phenoxy) is 1. The van der Waals surface area contributed by atoms with Gasteiger partial charge >= 0.3 is 6.09 Å². The molecule has 0 aromatic carbocycles. The Morgan fingerprint density at radius 1 is 1.29 bits per heavy atom. The van der Waals surface area contributed by atoms with E-state index in [4.69, 9.17) is 4.74 Å². The number of nitrogens with one attached hydrogen (secondary N) is 2. The van der Waals surface area contributed by atoms with Crippen LogP contribution < -0.4 is 10.6 Å². The lowest BCUT2D eigenvalue weighted by molar-refractivity contribution is 0.0462. The highest BCUT2D eigenvalue weighted by molar-refractivity contribution is 5.68. The van der Waals surface area contributed by atoms with Crippen LogP contribution >= 0.6 is 0 Å². The summed E-state index contributed by atoms with van der Waals surface area (Å²) in [6, 6.07) is 0. The maximum atomic E-state index is 11.8. The summed E-state index contributed by atoms with van der Waals surface area (Å²) in [5.41, 5.74) is -0.504. The molecule has 2 aliphatic rings. The van der Waals surface area contributed by atoms with Crippen molar-refractivity contribution >= 4 is 6.09 Å². The lowest BCUT2D eigenvalue weighted by atomic mass is 9.98. The molecule has 0 bridgehead atoms. The molecule has 98 valence electrons. The summed E-state index contributed by atoms with van der Waals surface area (Å²) in [4.78, 5) is 11.8. The minimum atomic E-state index is -0.420. The fourth-order valence-corrected chi connectivity index (χ4v) is 3.16. The Bertz CT molecular complexity index is 297. The van der Waals surface area contributed by atoms with E-state index in [1.54, 1.807) is 0 Å². The normalized spacial score (nSPS) is 36.7. The van der Waals surface area contributed by atoms with E-state index in [-0.39, 0.29) is 11.6 Å². The molecule has 2 rings (SSSR count). The highest BCUT2D eigenvalue weighted by atomic mass is 16.6. The monoisotopic (exact) mass is 240 g/mol. The highest BCUT2D eigenvalue weighted by Gasteiger charge is 2.45. The van der Waals surface area contributed by atoms with Gasteiger partial charge in [-0.15, -0.1) is 0 Å². The first kappa shape index (κ1) is 12.7. The number of hydrogen-bond acceptors (Lipinski definition) is 3. The van der Waals surface area contributed by atoms with Gasteiger partial charge in [0.1, 0.15) is 5.60 Å². The zero-order valence-electron chi connectivity index (χ0n) is 11.3. The maximum Gasteiger partial charge on any atom is 0.408 e. The third-order valence-electron chi connectivity index (χ3n) is 3.71. The molecule has 2 N–H and O–H groups in total. The average molecular weight is 240 g/mol. The second kappa shape index (κ2) is 4.16. The molecule has 2 fully saturated rings. The molecule has 0 aromatic rings. The van der Waals surface area contributed by atoms with Crippen molar-refractivity contribution in [1.29, 1.82) is 0 Å². The fraction of sp³-hybridized carbons (Fsp3) is 0.923. The molecule has 0 aromatic heterocycles. The number of fused-ring (bicyclic) bond motifs is 1.